The van der Waals surface area contributed by atoms with Gasteiger partial charge in [0.2, 0.25) is 0 Å². The fourth-order valence-electron chi connectivity index (χ4n) is 2.12. The Labute approximate surface area is 104 Å². The molecule has 0 bridgehead atoms. The van der Waals surface area contributed by atoms with E-state index in [-0.39, 0.29) is 18.3 Å². The van der Waals surface area contributed by atoms with Crippen molar-refractivity contribution in [2.24, 2.45) is 0 Å². The molecule has 1 saturated heterocycles. The van der Waals surface area contributed by atoms with Crippen LogP contribution in [-0.4, -0.2) is 74.9 Å². The van der Waals surface area contributed by atoms with E-state index < -0.39 is 0 Å². The van der Waals surface area contributed by atoms with Gasteiger partial charge in [-0.1, -0.05) is 0 Å². The summed E-state index contributed by atoms with van der Waals surface area (Å²) in [5.41, 5.74) is -0.196. The number of hydrogen-bond acceptors (Lipinski definition) is 5. The Morgan fingerprint density at radius 1 is 1.35 bits per heavy atom. The summed E-state index contributed by atoms with van der Waals surface area (Å²) in [5.74, 6) is 0. The van der Waals surface area contributed by atoms with Gasteiger partial charge < -0.3 is 19.3 Å². The Morgan fingerprint density at radius 3 is 2.76 bits per heavy atom. The molecule has 1 aliphatic rings. The minimum Gasteiger partial charge on any atom is -0.394 e. The molecule has 0 saturated carbocycles. The second-order valence-corrected chi connectivity index (χ2v) is 5.02. The molecule has 5 heteroatoms. The minimum absolute atomic E-state index is 0.0739. The molecule has 0 amide bonds. The molecule has 1 heterocycles. The average molecular weight is 247 g/mol. The molecule has 1 atom stereocenters. The SMILES string of the molecule is COCCOCCN1CC(CO)OC(C)(C)C1. The molecule has 0 aromatic heterocycles. The molecule has 17 heavy (non-hydrogen) atoms. The minimum atomic E-state index is -0.196. The van der Waals surface area contributed by atoms with Crippen LogP contribution in [0.15, 0.2) is 0 Å². The van der Waals surface area contributed by atoms with Crippen LogP contribution in [0.25, 0.3) is 0 Å². The number of aliphatic hydroxyl groups is 1. The van der Waals surface area contributed by atoms with E-state index in [0.717, 1.165) is 19.6 Å². The quantitative estimate of drug-likeness (QED) is 0.648. The molecular weight excluding hydrogens is 222 g/mol. The van der Waals surface area contributed by atoms with Gasteiger partial charge in [0.1, 0.15) is 0 Å². The summed E-state index contributed by atoms with van der Waals surface area (Å²) < 4.78 is 16.1. The summed E-state index contributed by atoms with van der Waals surface area (Å²) in [6.07, 6.45) is -0.0854. The van der Waals surface area contributed by atoms with E-state index in [0.29, 0.717) is 19.8 Å². The standard InChI is InChI=1S/C12H25NO4/c1-12(2)10-13(8-11(9-14)17-12)4-5-16-7-6-15-3/h11,14H,4-10H2,1-3H3. The summed E-state index contributed by atoms with van der Waals surface area (Å²) in [6.45, 7) is 8.64. The molecule has 0 radical (unpaired) electrons. The van der Waals surface area contributed by atoms with E-state index in [9.17, 15) is 5.11 Å². The summed E-state index contributed by atoms with van der Waals surface area (Å²) in [5, 5.41) is 9.18. The van der Waals surface area contributed by atoms with Gasteiger partial charge in [-0.25, -0.2) is 0 Å². The first kappa shape index (κ1) is 14.9. The van der Waals surface area contributed by atoms with Gasteiger partial charge >= 0.3 is 0 Å². The summed E-state index contributed by atoms with van der Waals surface area (Å²) in [6, 6.07) is 0. The Balaban J connectivity index is 2.23. The second-order valence-electron chi connectivity index (χ2n) is 5.02. The first-order valence-corrected chi connectivity index (χ1v) is 6.15. The molecule has 1 unspecified atom stereocenters. The Hall–Kier alpha value is -0.200. The van der Waals surface area contributed by atoms with Crippen molar-refractivity contribution in [2.45, 2.75) is 25.6 Å². The van der Waals surface area contributed by atoms with E-state index in [4.69, 9.17) is 14.2 Å². The lowest BCUT2D eigenvalue weighted by Crippen LogP contribution is -2.54. The maximum Gasteiger partial charge on any atom is 0.0940 e. The topological polar surface area (TPSA) is 51.2 Å². The zero-order chi connectivity index (χ0) is 12.7. The number of nitrogens with zero attached hydrogens (tertiary/aromatic N) is 1. The fraction of sp³-hybridized carbons (Fsp3) is 1.00. The van der Waals surface area contributed by atoms with E-state index in [2.05, 4.69) is 4.90 Å². The third-order valence-corrected chi connectivity index (χ3v) is 2.74. The molecule has 1 aliphatic heterocycles. The molecule has 0 aromatic carbocycles. The van der Waals surface area contributed by atoms with Crippen LogP contribution < -0.4 is 0 Å². The van der Waals surface area contributed by atoms with Gasteiger partial charge in [0, 0.05) is 26.7 Å². The second kappa shape index (κ2) is 7.28. The molecule has 102 valence electrons. The van der Waals surface area contributed by atoms with Crippen molar-refractivity contribution < 1.29 is 19.3 Å². The largest absolute Gasteiger partial charge is 0.394 e. The van der Waals surface area contributed by atoms with Gasteiger partial charge in [0.25, 0.3) is 0 Å². The molecule has 0 aliphatic carbocycles. The van der Waals surface area contributed by atoms with Gasteiger partial charge in [-0.3, -0.25) is 4.90 Å². The van der Waals surface area contributed by atoms with Crippen LogP contribution in [0.4, 0.5) is 0 Å². The first-order chi connectivity index (χ1) is 8.07. The van der Waals surface area contributed by atoms with Crippen LogP contribution in [0.3, 0.4) is 0 Å². The normalized spacial score (nSPS) is 25.1. The smallest absolute Gasteiger partial charge is 0.0940 e. The van der Waals surface area contributed by atoms with Crippen molar-refractivity contribution in [3.8, 4) is 0 Å². The monoisotopic (exact) mass is 247 g/mol. The number of methoxy groups -OCH3 is 1. The molecule has 1 rings (SSSR count). The van der Waals surface area contributed by atoms with Crippen LogP contribution in [0.2, 0.25) is 0 Å². The lowest BCUT2D eigenvalue weighted by atomic mass is 10.1. The molecule has 1 N–H and O–H groups in total. The zero-order valence-corrected chi connectivity index (χ0v) is 11.1. The van der Waals surface area contributed by atoms with E-state index in [1.165, 1.54) is 0 Å². The van der Waals surface area contributed by atoms with Gasteiger partial charge in [0.15, 0.2) is 0 Å². The van der Waals surface area contributed by atoms with E-state index >= 15 is 0 Å². The Morgan fingerprint density at radius 2 is 2.12 bits per heavy atom. The van der Waals surface area contributed by atoms with Crippen LogP contribution in [0.5, 0.6) is 0 Å². The van der Waals surface area contributed by atoms with Crippen molar-refractivity contribution in [1.82, 2.24) is 4.90 Å². The lowest BCUT2D eigenvalue weighted by molar-refractivity contribution is -0.151. The first-order valence-electron chi connectivity index (χ1n) is 6.15. The maximum atomic E-state index is 9.18. The van der Waals surface area contributed by atoms with E-state index in [1.807, 2.05) is 13.8 Å². The zero-order valence-electron chi connectivity index (χ0n) is 11.1. The summed E-state index contributed by atoms with van der Waals surface area (Å²) >= 11 is 0. The molecule has 1 fully saturated rings. The predicted octanol–water partition coefficient (Wildman–Crippen LogP) is 0.121. The number of ether oxygens (including phenoxy) is 3. The van der Waals surface area contributed by atoms with Gasteiger partial charge in [0.05, 0.1) is 38.1 Å². The van der Waals surface area contributed by atoms with Crippen LogP contribution in [0, 0.1) is 0 Å². The van der Waals surface area contributed by atoms with Crippen molar-refractivity contribution in [3.05, 3.63) is 0 Å². The Kier molecular flexibility index (Phi) is 6.37. The number of morpholine rings is 1. The highest BCUT2D eigenvalue weighted by atomic mass is 16.5. The van der Waals surface area contributed by atoms with Crippen molar-refractivity contribution in [3.63, 3.8) is 0 Å². The summed E-state index contributed by atoms with van der Waals surface area (Å²) in [4.78, 5) is 2.27. The van der Waals surface area contributed by atoms with Crippen LogP contribution in [0.1, 0.15) is 13.8 Å². The maximum absolute atomic E-state index is 9.18. The number of hydrogen-bond donors (Lipinski definition) is 1. The van der Waals surface area contributed by atoms with Crippen molar-refractivity contribution >= 4 is 0 Å². The third kappa shape index (κ3) is 5.79. The van der Waals surface area contributed by atoms with Gasteiger partial charge in [-0.2, -0.15) is 0 Å². The number of rotatable bonds is 7. The lowest BCUT2D eigenvalue weighted by Gasteiger charge is -2.42. The summed E-state index contributed by atoms with van der Waals surface area (Å²) in [7, 11) is 1.67. The third-order valence-electron chi connectivity index (χ3n) is 2.74. The van der Waals surface area contributed by atoms with Crippen LogP contribution in [-0.2, 0) is 14.2 Å². The fourth-order valence-corrected chi connectivity index (χ4v) is 2.12. The molecular formula is C12H25NO4. The van der Waals surface area contributed by atoms with Crippen LogP contribution >= 0.6 is 0 Å². The average Bonchev–Trinajstić information content (AvgIpc) is 2.26. The van der Waals surface area contributed by atoms with E-state index in [1.54, 1.807) is 7.11 Å². The predicted molar refractivity (Wildman–Crippen MR) is 65.2 cm³/mol. The van der Waals surface area contributed by atoms with Gasteiger partial charge in [-0.15, -0.1) is 0 Å². The molecule has 0 spiro atoms. The molecule has 5 nitrogen and oxygen atoms in total. The number of aliphatic hydroxyl groups excluding tert-OH is 1. The molecule has 0 aromatic rings. The highest BCUT2D eigenvalue weighted by Crippen LogP contribution is 2.20. The highest BCUT2D eigenvalue weighted by molar-refractivity contribution is 4.83. The van der Waals surface area contributed by atoms with Crippen molar-refractivity contribution in [2.75, 3.05) is 53.2 Å². The Bertz CT molecular complexity index is 211. The highest BCUT2D eigenvalue weighted by Gasteiger charge is 2.32. The van der Waals surface area contributed by atoms with Gasteiger partial charge in [-0.05, 0) is 13.8 Å². The van der Waals surface area contributed by atoms with Crippen molar-refractivity contribution in [1.29, 1.82) is 0 Å².